The van der Waals surface area contributed by atoms with Crippen molar-refractivity contribution in [1.29, 1.82) is 0 Å². The minimum atomic E-state index is -3.92. The number of pyridine rings is 4. The smallest absolute Gasteiger partial charge is 0.328 e. The molecule has 0 saturated heterocycles. The molecular weight excluding hydrogens is 1820 g/mol. The molecule has 0 spiro atoms. The second-order valence-electron chi connectivity index (χ2n) is 33.8. The molecule has 16 aromatic rings. The zero-order valence-electron chi connectivity index (χ0n) is 80.2. The number of amides is 6. The number of imidazole rings is 4. The van der Waals surface area contributed by atoms with Crippen molar-refractivity contribution < 1.29 is 58.0 Å². The van der Waals surface area contributed by atoms with Crippen molar-refractivity contribution in [2.45, 2.75) is 182 Å². The molecule has 31 nitrogen and oxygen atoms in total. The van der Waals surface area contributed by atoms with E-state index in [1.54, 1.807) is 80.6 Å². The van der Waals surface area contributed by atoms with E-state index in [0.29, 0.717) is 62.3 Å². The fraction of sp³-hybridized carbons (Fsp3) is 0.272. The van der Waals surface area contributed by atoms with Crippen LogP contribution in [0.25, 0.3) is 66.9 Å². The number of urea groups is 3. The number of sulfonamides is 4. The SMILES string of the molecule is CCc1nc2c(C)[n+](O)c(C)cc2n1-c1ccc(CCNC(=O)NS(=O)(=O)c2ccc(C)cc2)cc1.CCc1nc2c(C)nc(C)cc2n1-c1ccc(CCNC(=O)NS(=O)(=O)c2cccc(C)c2)cc1.CCc1nc2c(C)nc(C)cc2n1-c1ccc(CCNC(=O)NS(=O)(=O)c2ccccc2C)cc1.CCc1nc2c(C)nc(C)cc2n1-c1ccc(CCNS(=O)(=O)c2ccc(C)cc2)cc1. The summed E-state index contributed by atoms with van der Waals surface area (Å²) in [6.45, 7) is 32.4. The number of aromatic nitrogens is 12. The highest BCUT2D eigenvalue weighted by Gasteiger charge is 2.27. The lowest BCUT2D eigenvalue weighted by atomic mass is 10.1. The summed E-state index contributed by atoms with van der Waals surface area (Å²) in [6.07, 6.45) is 5.39. The van der Waals surface area contributed by atoms with Crippen LogP contribution in [-0.2, 0) is 91.5 Å². The van der Waals surface area contributed by atoms with Crippen LogP contribution in [0.3, 0.4) is 0 Å². The highest BCUT2D eigenvalue weighted by Crippen LogP contribution is 2.31. The van der Waals surface area contributed by atoms with E-state index in [9.17, 15) is 53.3 Å². The van der Waals surface area contributed by atoms with Gasteiger partial charge >= 0.3 is 18.1 Å². The zero-order chi connectivity index (χ0) is 99.2. The number of carbonyl (C=O) groups is 3. The van der Waals surface area contributed by atoms with Gasteiger partial charge in [0.1, 0.15) is 39.8 Å². The molecule has 0 fully saturated rings. The predicted octanol–water partition coefficient (Wildman–Crippen LogP) is 16.0. The van der Waals surface area contributed by atoms with E-state index < -0.39 is 58.2 Å². The Morgan fingerprint density at radius 2 is 0.638 bits per heavy atom. The van der Waals surface area contributed by atoms with E-state index in [1.165, 1.54) is 30.3 Å². The average Bonchev–Trinajstić information content (AvgIpc) is 1.62. The highest BCUT2D eigenvalue weighted by molar-refractivity contribution is 7.90. The third-order valence-electron chi connectivity index (χ3n) is 23.2. The topological polar surface area (TPSA) is 406 Å². The number of hydrogen-bond acceptors (Lipinski definition) is 19. The van der Waals surface area contributed by atoms with Crippen molar-refractivity contribution in [2.75, 3.05) is 26.2 Å². The van der Waals surface area contributed by atoms with Crippen LogP contribution in [0.15, 0.2) is 238 Å². The Morgan fingerprint density at radius 1 is 0.319 bits per heavy atom. The average molecular weight is 1940 g/mol. The molecule has 0 unspecified atom stereocenters. The Hall–Kier alpha value is -14.4. The van der Waals surface area contributed by atoms with Crippen LogP contribution in [0, 0.1) is 83.1 Å². The molecule has 16 rings (SSSR count). The first-order valence-corrected chi connectivity index (χ1v) is 51.4. The molecule has 0 bridgehead atoms. The summed E-state index contributed by atoms with van der Waals surface area (Å²) in [5.74, 6) is 3.82. The van der Waals surface area contributed by atoms with E-state index in [-0.39, 0.29) is 26.1 Å². The fourth-order valence-corrected chi connectivity index (χ4v) is 20.4. The second kappa shape index (κ2) is 43.7. The van der Waals surface area contributed by atoms with Crippen molar-refractivity contribution in [3.05, 3.63) is 332 Å². The van der Waals surface area contributed by atoms with Crippen molar-refractivity contribution >= 4 is 102 Å². The van der Waals surface area contributed by atoms with Crippen LogP contribution < -0.4 is 39.6 Å². The number of rotatable bonds is 28. The van der Waals surface area contributed by atoms with Crippen LogP contribution >= 0.6 is 0 Å². The summed E-state index contributed by atoms with van der Waals surface area (Å²) in [5.41, 5.74) is 26.0. The summed E-state index contributed by atoms with van der Waals surface area (Å²) < 4.78 is 118. The fourth-order valence-electron chi connectivity index (χ4n) is 16.2. The Bertz CT molecular complexity index is 7680. The number of carbonyl (C=O) groups excluding carboxylic acids is 3. The standard InChI is InChI=1S/C26H29N5O4S.2C26H29N5O3S.C25H28N4O2S/c1-5-24-28-25-19(4)31(33)18(3)16-23(25)30(24)21-10-8-20(9-11-21)14-15-27-26(32)29-36(34,35)22-12-6-17(2)7-13-22;1-5-24-29-25-19(4)28-18(3)16-23(25)31(24)21-11-9-20(10-12-21)13-14-27-26(32)30-35(33,34)22-8-6-7-17(2)15-22;1-5-24-29-25-19(4)28-18(3)16-22(25)31(24)21-12-10-20(11-13-21)14-15-27-26(32)30-35(33,34)23-9-7-6-8-17(23)2;1-5-24-28-25-19(4)27-18(3)16-23(25)29(24)21-10-8-20(9-11-21)14-15-26-32(30,31)22-12-6-17(2)7-13-22/h6-13,16H,5,14-15H2,1-4H3,(H2-,27,29,32,33);6-12,15-16H,5,13-14H2,1-4H3,(H2,27,30,32);6-13,16H,5,14-15H2,1-4H3,(H2,27,30,32);6-13,16,26H,5,14-15H2,1-4H3/p+1. The maximum atomic E-state index is 12.5. The van der Waals surface area contributed by atoms with Gasteiger partial charge in [0.2, 0.25) is 15.7 Å². The molecule has 0 atom stereocenters. The number of fused-ring (bicyclic) bond motifs is 4. The molecule has 138 heavy (non-hydrogen) atoms. The molecular formula is C103H116N19O12S4+. The maximum Gasteiger partial charge on any atom is 0.328 e. The molecule has 8 N–H and O–H groups in total. The first-order chi connectivity index (χ1) is 65.7. The lowest BCUT2D eigenvalue weighted by molar-refractivity contribution is -0.911. The van der Waals surface area contributed by atoms with Gasteiger partial charge in [0.05, 0.1) is 58.7 Å². The highest BCUT2D eigenvalue weighted by atomic mass is 32.2. The third kappa shape index (κ3) is 24.2. The van der Waals surface area contributed by atoms with Gasteiger partial charge in [-0.05, 0) is 237 Å². The van der Waals surface area contributed by atoms with Crippen molar-refractivity contribution in [2.24, 2.45) is 0 Å². The van der Waals surface area contributed by atoms with E-state index in [2.05, 4.69) is 114 Å². The minimum absolute atomic E-state index is 0.0384. The Morgan fingerprint density at radius 3 is 0.986 bits per heavy atom. The summed E-state index contributed by atoms with van der Waals surface area (Å²) >= 11 is 0. The third-order valence-corrected chi connectivity index (χ3v) is 28.9. The first-order valence-electron chi connectivity index (χ1n) is 45.5. The van der Waals surface area contributed by atoms with Crippen LogP contribution in [0.4, 0.5) is 14.4 Å². The molecule has 8 aromatic heterocycles. The van der Waals surface area contributed by atoms with E-state index in [1.807, 2.05) is 172 Å². The quantitative estimate of drug-likeness (QED) is 0.0167. The van der Waals surface area contributed by atoms with Crippen molar-refractivity contribution in [3.63, 3.8) is 0 Å². The molecule has 8 aromatic carbocycles. The Labute approximate surface area is 805 Å². The van der Waals surface area contributed by atoms with Crippen LogP contribution in [0.5, 0.6) is 0 Å². The maximum absolute atomic E-state index is 12.5. The normalized spacial score (nSPS) is 11.6. The monoisotopic (exact) mass is 1940 g/mol. The van der Waals surface area contributed by atoms with Gasteiger partial charge in [-0.1, -0.05) is 142 Å². The van der Waals surface area contributed by atoms with Crippen LogP contribution in [0.1, 0.15) is 141 Å². The van der Waals surface area contributed by atoms with Crippen molar-refractivity contribution in [1.82, 2.24) is 88.0 Å². The van der Waals surface area contributed by atoms with Gasteiger partial charge in [0, 0.05) is 116 Å². The Kier molecular flexibility index (Phi) is 32.0. The van der Waals surface area contributed by atoms with E-state index in [4.69, 9.17) is 19.9 Å². The van der Waals surface area contributed by atoms with Gasteiger partial charge in [-0.25, -0.2) is 86.9 Å². The van der Waals surface area contributed by atoms with E-state index in [0.717, 1.165) is 194 Å². The second-order valence-corrected chi connectivity index (χ2v) is 40.6. The molecule has 0 aliphatic carbocycles. The largest absolute Gasteiger partial charge is 0.337 e. The minimum Gasteiger partial charge on any atom is -0.337 e. The lowest BCUT2D eigenvalue weighted by Gasteiger charge is -2.11. The zero-order valence-corrected chi connectivity index (χ0v) is 83.5. The summed E-state index contributed by atoms with van der Waals surface area (Å²) in [7, 11) is -15.3. The molecule has 35 heteroatoms. The molecule has 0 saturated carbocycles. The summed E-state index contributed by atoms with van der Waals surface area (Å²) in [4.78, 5) is 69.7. The molecule has 0 radical (unpaired) electrons. The predicted molar refractivity (Wildman–Crippen MR) is 536 cm³/mol. The Balaban J connectivity index is 0.000000155. The van der Waals surface area contributed by atoms with Gasteiger partial charge in [-0.2, -0.15) is 0 Å². The number of nitrogens with one attached hydrogen (secondary N) is 7. The molecule has 6 amide bonds. The molecule has 0 aliphatic rings. The molecule has 718 valence electrons. The summed E-state index contributed by atoms with van der Waals surface area (Å²) in [6, 6.07) is 64.2. The molecule has 0 aliphatic heterocycles. The van der Waals surface area contributed by atoms with Gasteiger partial charge in [0.25, 0.3) is 35.8 Å². The number of benzene rings is 8. The van der Waals surface area contributed by atoms with Gasteiger partial charge < -0.3 is 16.0 Å². The molecule has 8 heterocycles. The van der Waals surface area contributed by atoms with Gasteiger partial charge in [-0.15, -0.1) is 0 Å². The van der Waals surface area contributed by atoms with Crippen molar-refractivity contribution in [3.8, 4) is 22.7 Å². The summed E-state index contributed by atoms with van der Waals surface area (Å²) in [5, 5.41) is 18.1. The van der Waals surface area contributed by atoms with Gasteiger partial charge in [-0.3, -0.25) is 38.4 Å². The number of aryl methyl sites for hydroxylation is 16. The number of nitrogens with zero attached hydrogens (tertiary/aromatic N) is 12. The lowest BCUT2D eigenvalue weighted by Crippen LogP contribution is -2.40. The number of hydrogen-bond donors (Lipinski definition) is 8. The van der Waals surface area contributed by atoms with E-state index >= 15 is 0 Å². The van der Waals surface area contributed by atoms with Crippen LogP contribution in [0.2, 0.25) is 0 Å². The van der Waals surface area contributed by atoms with Gasteiger partial charge in [0.15, 0.2) is 5.52 Å². The first kappa shape index (κ1) is 101. The van der Waals surface area contributed by atoms with Crippen LogP contribution in [-0.4, -0.2) is 136 Å².